The quantitative estimate of drug-likeness (QED) is 0.655. The van der Waals surface area contributed by atoms with E-state index in [4.69, 9.17) is 9.47 Å². The molecule has 32 heavy (non-hydrogen) atoms. The van der Waals surface area contributed by atoms with Crippen molar-refractivity contribution in [1.82, 2.24) is 20.2 Å². The Morgan fingerprint density at radius 2 is 1.97 bits per heavy atom. The van der Waals surface area contributed by atoms with Crippen LogP contribution in [0.2, 0.25) is 0 Å². The zero-order valence-corrected chi connectivity index (χ0v) is 19.1. The lowest BCUT2D eigenvalue weighted by Gasteiger charge is -2.42. The van der Waals surface area contributed by atoms with Crippen molar-refractivity contribution in [3.8, 4) is 5.75 Å². The Balaban J connectivity index is 1.22. The summed E-state index contributed by atoms with van der Waals surface area (Å²) in [7, 11) is 0. The average Bonchev–Trinajstić information content (AvgIpc) is 2.76. The van der Waals surface area contributed by atoms with E-state index in [-0.39, 0.29) is 5.39 Å². The van der Waals surface area contributed by atoms with Crippen LogP contribution in [0.25, 0.3) is 10.9 Å². The topological polar surface area (TPSA) is 79.5 Å². The van der Waals surface area contributed by atoms with Gasteiger partial charge in [0.2, 0.25) is 0 Å². The van der Waals surface area contributed by atoms with Crippen molar-refractivity contribution in [3.63, 3.8) is 0 Å². The molecule has 0 spiro atoms. The number of thioether (sulfide) groups is 1. The molecule has 0 unspecified atom stereocenters. The fourth-order valence-corrected chi connectivity index (χ4v) is 5.73. The number of hydrogen-bond donors (Lipinski definition) is 2. The summed E-state index contributed by atoms with van der Waals surface area (Å²) < 4.78 is 26.1. The zero-order chi connectivity index (χ0) is 21.9. The number of piperidine rings is 1. The third-order valence-electron chi connectivity index (χ3n) is 6.82. The van der Waals surface area contributed by atoms with E-state index in [0.717, 1.165) is 65.1 Å². The Labute approximate surface area is 191 Å². The van der Waals surface area contributed by atoms with E-state index in [9.17, 15) is 9.18 Å². The Bertz CT molecular complexity index is 985. The van der Waals surface area contributed by atoms with E-state index in [2.05, 4.69) is 20.2 Å². The van der Waals surface area contributed by atoms with Gasteiger partial charge in [0.15, 0.2) is 0 Å². The van der Waals surface area contributed by atoms with Gasteiger partial charge in [-0.1, -0.05) is 0 Å². The molecule has 0 aliphatic carbocycles. The van der Waals surface area contributed by atoms with Gasteiger partial charge in [0.1, 0.15) is 22.8 Å². The summed E-state index contributed by atoms with van der Waals surface area (Å²) in [6.45, 7) is 6.51. The first-order valence-corrected chi connectivity index (χ1v) is 12.7. The molecule has 2 N–H and O–H groups in total. The summed E-state index contributed by atoms with van der Waals surface area (Å²) in [5.41, 5.74) is -0.0712. The van der Waals surface area contributed by atoms with Gasteiger partial charge in [-0.05, 0) is 44.7 Å². The smallest absolute Gasteiger partial charge is 0.261 e. The van der Waals surface area contributed by atoms with Crippen LogP contribution in [-0.2, 0) is 10.5 Å². The Morgan fingerprint density at radius 3 is 2.69 bits per heavy atom. The molecule has 0 amide bonds. The van der Waals surface area contributed by atoms with Crippen molar-refractivity contribution < 1.29 is 13.9 Å². The average molecular weight is 463 g/mol. The van der Waals surface area contributed by atoms with E-state index in [1.807, 2.05) is 0 Å². The van der Waals surface area contributed by atoms with Gasteiger partial charge >= 0.3 is 0 Å². The summed E-state index contributed by atoms with van der Waals surface area (Å²) in [5, 5.41) is 3.83. The molecular formula is C23H31FN4O3S. The Hall–Kier alpha value is -1.68. The zero-order valence-electron chi connectivity index (χ0n) is 18.3. The number of likely N-dealkylation sites (tertiary alicyclic amines) is 1. The van der Waals surface area contributed by atoms with Gasteiger partial charge in [-0.25, -0.2) is 9.37 Å². The van der Waals surface area contributed by atoms with E-state index >= 15 is 0 Å². The number of halogens is 1. The maximum Gasteiger partial charge on any atom is 0.261 e. The van der Waals surface area contributed by atoms with Crippen molar-refractivity contribution in [2.75, 3.05) is 46.0 Å². The molecule has 9 heteroatoms. The summed E-state index contributed by atoms with van der Waals surface area (Å²) in [6.07, 6.45) is 4.20. The van der Waals surface area contributed by atoms with Crippen LogP contribution in [0.3, 0.4) is 0 Å². The highest BCUT2D eigenvalue weighted by atomic mass is 32.2. The lowest BCUT2D eigenvalue weighted by atomic mass is 9.95. The number of ether oxygens (including phenoxy) is 2. The van der Waals surface area contributed by atoms with E-state index < -0.39 is 11.4 Å². The van der Waals surface area contributed by atoms with Gasteiger partial charge in [0.05, 0.1) is 17.9 Å². The normalized spacial score (nSPS) is 21.7. The Kier molecular flexibility index (Phi) is 6.96. The molecule has 2 aromatic rings. The summed E-state index contributed by atoms with van der Waals surface area (Å²) in [5.74, 6) is 1.51. The largest absolute Gasteiger partial charge is 0.493 e. The highest BCUT2D eigenvalue weighted by molar-refractivity contribution is 7.99. The number of aromatic nitrogens is 2. The molecule has 3 saturated heterocycles. The molecule has 0 atom stereocenters. The highest BCUT2D eigenvalue weighted by Gasteiger charge is 2.28. The maximum atomic E-state index is 14.7. The second-order valence-electron chi connectivity index (χ2n) is 9.04. The molecule has 174 valence electrons. The van der Waals surface area contributed by atoms with Crippen molar-refractivity contribution in [1.29, 1.82) is 0 Å². The first-order valence-electron chi connectivity index (χ1n) is 11.6. The first-order chi connectivity index (χ1) is 15.7. The van der Waals surface area contributed by atoms with Gasteiger partial charge in [-0.2, -0.15) is 11.8 Å². The van der Waals surface area contributed by atoms with Gasteiger partial charge in [-0.3, -0.25) is 9.69 Å². The van der Waals surface area contributed by atoms with E-state index in [0.29, 0.717) is 46.7 Å². The van der Waals surface area contributed by atoms with Crippen molar-refractivity contribution in [2.24, 2.45) is 5.92 Å². The lowest BCUT2D eigenvalue weighted by molar-refractivity contribution is 0.0823. The van der Waals surface area contributed by atoms with Gasteiger partial charge < -0.3 is 19.8 Å². The first kappa shape index (κ1) is 22.1. The molecule has 4 heterocycles. The molecule has 5 rings (SSSR count). The second kappa shape index (κ2) is 10.1. The van der Waals surface area contributed by atoms with Gasteiger partial charge in [-0.15, -0.1) is 0 Å². The molecule has 0 bridgehead atoms. The standard InChI is InChI=1S/C23H31FN4O3S/c24-19-9-17(31-13-15-1-5-28(6-2-15)16-11-25-12-16)10-20-22(19)23(29)27-21(26-20)14-32-18-3-7-30-8-4-18/h9-10,15-16,18,25H,1-8,11-14H2,(H,26,27,29). The number of aromatic amines is 1. The van der Waals surface area contributed by atoms with Crippen LogP contribution < -0.4 is 15.6 Å². The van der Waals surface area contributed by atoms with Crippen LogP contribution in [0, 0.1) is 11.7 Å². The Morgan fingerprint density at radius 1 is 1.19 bits per heavy atom. The minimum Gasteiger partial charge on any atom is -0.493 e. The van der Waals surface area contributed by atoms with Crippen LogP contribution >= 0.6 is 11.8 Å². The summed E-state index contributed by atoms with van der Waals surface area (Å²) in [6, 6.07) is 3.70. The summed E-state index contributed by atoms with van der Waals surface area (Å²) in [4.78, 5) is 22.3. The van der Waals surface area contributed by atoms with Gasteiger partial charge in [0.25, 0.3) is 5.56 Å². The van der Waals surface area contributed by atoms with E-state index in [1.54, 1.807) is 17.8 Å². The fourth-order valence-electron chi connectivity index (χ4n) is 4.67. The number of benzene rings is 1. The monoisotopic (exact) mass is 462 g/mol. The number of nitrogens with zero attached hydrogens (tertiary/aromatic N) is 2. The van der Waals surface area contributed by atoms with E-state index in [1.165, 1.54) is 6.07 Å². The van der Waals surface area contributed by atoms with Gasteiger partial charge in [0, 0.05) is 49.7 Å². The third kappa shape index (κ3) is 5.11. The fraction of sp³-hybridized carbons (Fsp3) is 0.652. The highest BCUT2D eigenvalue weighted by Crippen LogP contribution is 2.27. The molecule has 1 aromatic heterocycles. The van der Waals surface area contributed by atoms with Crippen LogP contribution in [0.15, 0.2) is 16.9 Å². The predicted octanol–water partition coefficient (Wildman–Crippen LogP) is 2.54. The van der Waals surface area contributed by atoms with Crippen molar-refractivity contribution in [2.45, 2.75) is 42.7 Å². The van der Waals surface area contributed by atoms with Crippen molar-refractivity contribution >= 4 is 22.7 Å². The molecular weight excluding hydrogens is 431 g/mol. The molecule has 1 aromatic carbocycles. The minimum absolute atomic E-state index is 0.000387. The molecule has 7 nitrogen and oxygen atoms in total. The number of fused-ring (bicyclic) bond motifs is 1. The van der Waals surface area contributed by atoms with Crippen LogP contribution in [0.4, 0.5) is 4.39 Å². The third-order valence-corrected chi connectivity index (χ3v) is 8.20. The lowest BCUT2D eigenvalue weighted by Crippen LogP contribution is -2.58. The SMILES string of the molecule is O=c1[nH]c(CSC2CCOCC2)nc2cc(OCC3CCN(C4CNC4)CC3)cc(F)c12. The number of H-pyrrole nitrogens is 1. The molecule has 3 aliphatic heterocycles. The second-order valence-corrected chi connectivity index (χ2v) is 10.3. The number of hydrogen-bond acceptors (Lipinski definition) is 7. The van der Waals surface area contributed by atoms with Crippen molar-refractivity contribution in [3.05, 3.63) is 34.1 Å². The predicted molar refractivity (Wildman–Crippen MR) is 124 cm³/mol. The molecule has 0 radical (unpaired) electrons. The van der Waals surface area contributed by atoms with Crippen LogP contribution in [0.5, 0.6) is 5.75 Å². The number of rotatable bonds is 7. The molecule has 0 saturated carbocycles. The maximum absolute atomic E-state index is 14.7. The van der Waals surface area contributed by atoms with Crippen LogP contribution in [-0.4, -0.2) is 72.2 Å². The summed E-state index contributed by atoms with van der Waals surface area (Å²) >= 11 is 1.77. The minimum atomic E-state index is -0.581. The molecule has 3 aliphatic rings. The number of nitrogens with one attached hydrogen (secondary N) is 2. The molecule has 3 fully saturated rings. The van der Waals surface area contributed by atoms with Crippen LogP contribution in [0.1, 0.15) is 31.5 Å².